The lowest BCUT2D eigenvalue weighted by Crippen LogP contribution is -2.15. The predicted octanol–water partition coefficient (Wildman–Crippen LogP) is 3.59. The SMILES string of the molecule is Cc1cc(NC(=O)CSC2=Nc3ccccc3CS2)no1. The van der Waals surface area contributed by atoms with Crippen molar-refractivity contribution in [1.82, 2.24) is 5.16 Å². The third kappa shape index (κ3) is 3.68. The van der Waals surface area contributed by atoms with E-state index in [-0.39, 0.29) is 5.91 Å². The molecule has 1 aromatic heterocycles. The van der Waals surface area contributed by atoms with Gasteiger partial charge in [-0.15, -0.1) is 0 Å². The maximum absolute atomic E-state index is 11.8. The van der Waals surface area contributed by atoms with Crippen LogP contribution in [0.15, 0.2) is 39.8 Å². The summed E-state index contributed by atoms with van der Waals surface area (Å²) in [5.41, 5.74) is 2.22. The van der Waals surface area contributed by atoms with Gasteiger partial charge >= 0.3 is 0 Å². The highest BCUT2D eigenvalue weighted by Gasteiger charge is 2.14. The van der Waals surface area contributed by atoms with Crippen molar-refractivity contribution in [2.75, 3.05) is 11.1 Å². The maximum Gasteiger partial charge on any atom is 0.236 e. The van der Waals surface area contributed by atoms with Crippen LogP contribution in [0.5, 0.6) is 0 Å². The minimum atomic E-state index is -0.115. The van der Waals surface area contributed by atoms with Gasteiger partial charge in [0.1, 0.15) is 10.1 Å². The van der Waals surface area contributed by atoms with Crippen LogP contribution in [0.4, 0.5) is 11.5 Å². The van der Waals surface area contributed by atoms with Crippen molar-refractivity contribution >= 4 is 45.3 Å². The molecule has 5 nitrogen and oxygen atoms in total. The van der Waals surface area contributed by atoms with Crippen molar-refractivity contribution in [2.24, 2.45) is 4.99 Å². The molecule has 0 aliphatic carbocycles. The Morgan fingerprint density at radius 1 is 1.48 bits per heavy atom. The van der Waals surface area contributed by atoms with E-state index < -0.39 is 0 Å². The van der Waals surface area contributed by atoms with E-state index in [1.807, 2.05) is 18.2 Å². The fraction of sp³-hybridized carbons (Fsp3) is 0.214. The fourth-order valence-electron chi connectivity index (χ4n) is 1.82. The molecule has 3 rings (SSSR count). The molecule has 0 unspecified atom stereocenters. The molecule has 0 fully saturated rings. The van der Waals surface area contributed by atoms with Gasteiger partial charge in [-0.3, -0.25) is 4.79 Å². The first-order valence-corrected chi connectivity index (χ1v) is 8.33. The molecule has 0 spiro atoms. The molecule has 1 N–H and O–H groups in total. The highest BCUT2D eigenvalue weighted by Crippen LogP contribution is 2.34. The van der Waals surface area contributed by atoms with Crippen LogP contribution >= 0.6 is 23.5 Å². The second kappa shape index (κ2) is 6.36. The highest BCUT2D eigenvalue weighted by atomic mass is 32.2. The Balaban J connectivity index is 1.56. The molecule has 1 aromatic carbocycles. The Morgan fingerprint density at radius 2 is 2.33 bits per heavy atom. The third-order valence-electron chi connectivity index (χ3n) is 2.78. The Kier molecular flexibility index (Phi) is 4.31. The van der Waals surface area contributed by atoms with Gasteiger partial charge in [0.2, 0.25) is 5.91 Å². The summed E-state index contributed by atoms with van der Waals surface area (Å²) in [6, 6.07) is 9.74. The lowest BCUT2D eigenvalue weighted by Gasteiger charge is -2.13. The number of carbonyl (C=O) groups is 1. The van der Waals surface area contributed by atoms with Crippen LogP contribution in [-0.2, 0) is 10.5 Å². The average molecular weight is 319 g/mol. The molecule has 0 bridgehead atoms. The Labute approximate surface area is 130 Å². The second-order valence-corrected chi connectivity index (χ2v) is 6.64. The molecule has 2 heterocycles. The molecule has 108 valence electrons. The lowest BCUT2D eigenvalue weighted by atomic mass is 10.2. The molecule has 0 saturated heterocycles. The zero-order valence-corrected chi connectivity index (χ0v) is 13.0. The predicted molar refractivity (Wildman–Crippen MR) is 87.2 cm³/mol. The molecule has 1 amide bonds. The smallest absolute Gasteiger partial charge is 0.236 e. The topological polar surface area (TPSA) is 67.5 Å². The van der Waals surface area contributed by atoms with Crippen molar-refractivity contribution < 1.29 is 9.32 Å². The van der Waals surface area contributed by atoms with E-state index in [1.165, 1.54) is 17.3 Å². The average Bonchev–Trinajstić information content (AvgIpc) is 2.90. The van der Waals surface area contributed by atoms with Crippen molar-refractivity contribution in [3.63, 3.8) is 0 Å². The number of aryl methyl sites for hydroxylation is 1. The zero-order valence-electron chi connectivity index (χ0n) is 11.3. The molecule has 1 aliphatic rings. The Bertz CT molecular complexity index is 697. The molecule has 7 heteroatoms. The third-order valence-corrected chi connectivity index (χ3v) is 5.02. The molecule has 0 saturated carbocycles. The number of rotatable bonds is 3. The number of para-hydroxylation sites is 1. The van der Waals surface area contributed by atoms with Gasteiger partial charge in [-0.05, 0) is 18.6 Å². The maximum atomic E-state index is 11.8. The van der Waals surface area contributed by atoms with E-state index >= 15 is 0 Å². The number of aromatic nitrogens is 1. The molecular weight excluding hydrogens is 306 g/mol. The number of fused-ring (bicyclic) bond motifs is 1. The van der Waals surface area contributed by atoms with E-state index in [2.05, 4.69) is 21.5 Å². The van der Waals surface area contributed by atoms with E-state index in [9.17, 15) is 4.79 Å². The number of thioether (sulfide) groups is 2. The van der Waals surface area contributed by atoms with Crippen LogP contribution in [0.1, 0.15) is 11.3 Å². The van der Waals surface area contributed by atoms with Crippen LogP contribution in [-0.4, -0.2) is 21.2 Å². The first-order valence-electron chi connectivity index (χ1n) is 6.36. The van der Waals surface area contributed by atoms with Gasteiger partial charge in [-0.1, -0.05) is 46.9 Å². The molecule has 21 heavy (non-hydrogen) atoms. The Morgan fingerprint density at radius 3 is 3.14 bits per heavy atom. The number of nitrogens with one attached hydrogen (secondary N) is 1. The summed E-state index contributed by atoms with van der Waals surface area (Å²) < 4.78 is 5.82. The van der Waals surface area contributed by atoms with Crippen molar-refractivity contribution in [3.8, 4) is 0 Å². The second-order valence-electron chi connectivity index (χ2n) is 4.45. The number of nitrogens with zero attached hydrogens (tertiary/aromatic N) is 2. The number of amides is 1. The summed E-state index contributed by atoms with van der Waals surface area (Å²) >= 11 is 3.09. The monoisotopic (exact) mass is 319 g/mol. The van der Waals surface area contributed by atoms with Gasteiger partial charge in [-0.2, -0.15) is 0 Å². The molecule has 2 aromatic rings. The number of carbonyl (C=O) groups excluding carboxylic acids is 1. The molecular formula is C14H13N3O2S2. The van der Waals surface area contributed by atoms with E-state index in [0.717, 1.165) is 15.8 Å². The normalized spacial score (nSPS) is 13.5. The number of anilines is 1. The molecule has 0 atom stereocenters. The van der Waals surface area contributed by atoms with Gasteiger partial charge < -0.3 is 9.84 Å². The first kappa shape index (κ1) is 14.2. The fourth-order valence-corrected chi connectivity index (χ4v) is 3.68. The standard InChI is InChI=1S/C14H13N3O2S2/c1-9-6-12(17-19-9)16-13(18)8-21-14-15-11-5-3-2-4-10(11)7-20-14/h2-6H,7-8H2,1H3,(H,16,17,18). The molecule has 1 aliphatic heterocycles. The van der Waals surface area contributed by atoms with Gasteiger partial charge in [0.05, 0.1) is 11.4 Å². The van der Waals surface area contributed by atoms with Crippen molar-refractivity contribution in [2.45, 2.75) is 12.7 Å². The largest absolute Gasteiger partial charge is 0.360 e. The Hall–Kier alpha value is -1.73. The number of hydrogen-bond acceptors (Lipinski definition) is 6. The van der Waals surface area contributed by atoms with Crippen molar-refractivity contribution in [1.29, 1.82) is 0 Å². The van der Waals surface area contributed by atoms with E-state index in [4.69, 9.17) is 4.52 Å². The minimum Gasteiger partial charge on any atom is -0.360 e. The van der Waals surface area contributed by atoms with Crippen LogP contribution in [0.25, 0.3) is 0 Å². The first-order chi connectivity index (χ1) is 10.2. The number of aliphatic imine (C=N–C) groups is 1. The summed E-state index contributed by atoms with van der Waals surface area (Å²) in [6.07, 6.45) is 0. The summed E-state index contributed by atoms with van der Waals surface area (Å²) in [6.45, 7) is 1.78. The van der Waals surface area contributed by atoms with Gasteiger partial charge in [0, 0.05) is 11.8 Å². The van der Waals surface area contributed by atoms with Crippen LogP contribution in [0.3, 0.4) is 0 Å². The summed E-state index contributed by atoms with van der Waals surface area (Å²) in [4.78, 5) is 16.4. The van der Waals surface area contributed by atoms with Crippen LogP contribution in [0.2, 0.25) is 0 Å². The summed E-state index contributed by atoms with van der Waals surface area (Å²) in [5.74, 6) is 2.20. The zero-order chi connectivity index (χ0) is 14.7. The van der Waals surface area contributed by atoms with E-state index in [0.29, 0.717) is 17.3 Å². The van der Waals surface area contributed by atoms with Crippen LogP contribution < -0.4 is 5.32 Å². The highest BCUT2D eigenvalue weighted by molar-refractivity contribution is 8.38. The molecule has 0 radical (unpaired) electrons. The minimum absolute atomic E-state index is 0.115. The van der Waals surface area contributed by atoms with Gasteiger partial charge in [0.25, 0.3) is 0 Å². The van der Waals surface area contributed by atoms with E-state index in [1.54, 1.807) is 24.8 Å². The summed E-state index contributed by atoms with van der Waals surface area (Å²) in [5, 5.41) is 6.42. The quantitative estimate of drug-likeness (QED) is 0.936. The van der Waals surface area contributed by atoms with Gasteiger partial charge in [-0.25, -0.2) is 4.99 Å². The summed E-state index contributed by atoms with van der Waals surface area (Å²) in [7, 11) is 0. The lowest BCUT2D eigenvalue weighted by molar-refractivity contribution is -0.113. The number of benzene rings is 1. The van der Waals surface area contributed by atoms with Crippen LogP contribution in [0, 0.1) is 6.92 Å². The van der Waals surface area contributed by atoms with Crippen molar-refractivity contribution in [3.05, 3.63) is 41.7 Å². The van der Waals surface area contributed by atoms with Gasteiger partial charge in [0.15, 0.2) is 5.82 Å². The number of hydrogen-bond donors (Lipinski definition) is 1.